The van der Waals surface area contributed by atoms with Crippen LogP contribution in [0, 0.1) is 18.3 Å². The SMILES string of the molecule is Cc1c(O)cccc1Oc1ccc(C#N)c2ccccc12. The number of phenols is 1. The molecule has 0 radical (unpaired) electrons. The zero-order valence-electron chi connectivity index (χ0n) is 11.5. The summed E-state index contributed by atoms with van der Waals surface area (Å²) in [6.45, 7) is 1.80. The lowest BCUT2D eigenvalue weighted by Crippen LogP contribution is -1.90. The van der Waals surface area contributed by atoms with Crippen LogP contribution in [0.3, 0.4) is 0 Å². The molecule has 0 amide bonds. The van der Waals surface area contributed by atoms with E-state index in [9.17, 15) is 10.4 Å². The molecule has 1 N–H and O–H groups in total. The average molecular weight is 275 g/mol. The maximum atomic E-state index is 9.75. The van der Waals surface area contributed by atoms with E-state index in [1.807, 2.05) is 30.3 Å². The maximum Gasteiger partial charge on any atom is 0.135 e. The van der Waals surface area contributed by atoms with E-state index in [1.165, 1.54) is 0 Å². The molecule has 0 atom stereocenters. The van der Waals surface area contributed by atoms with E-state index in [1.54, 1.807) is 31.2 Å². The molecule has 0 unspecified atom stereocenters. The van der Waals surface area contributed by atoms with E-state index in [0.717, 1.165) is 10.8 Å². The van der Waals surface area contributed by atoms with Crippen LogP contribution in [-0.2, 0) is 0 Å². The predicted octanol–water partition coefficient (Wildman–Crippen LogP) is 4.52. The van der Waals surface area contributed by atoms with Gasteiger partial charge >= 0.3 is 0 Å². The molecule has 0 fully saturated rings. The number of nitrogens with zero attached hydrogens (tertiary/aromatic N) is 1. The normalized spacial score (nSPS) is 10.3. The third-order valence-corrected chi connectivity index (χ3v) is 3.48. The van der Waals surface area contributed by atoms with Crippen LogP contribution < -0.4 is 4.74 Å². The molecule has 0 aliphatic carbocycles. The van der Waals surface area contributed by atoms with Crippen molar-refractivity contribution in [2.24, 2.45) is 0 Å². The molecule has 0 aliphatic rings. The molecule has 0 saturated heterocycles. The lowest BCUT2D eigenvalue weighted by atomic mass is 10.0. The molecule has 3 aromatic carbocycles. The molecule has 0 bridgehead atoms. The fourth-order valence-electron chi connectivity index (χ4n) is 2.29. The zero-order valence-corrected chi connectivity index (χ0v) is 11.5. The first-order chi connectivity index (χ1) is 10.2. The van der Waals surface area contributed by atoms with Gasteiger partial charge in [-0.3, -0.25) is 0 Å². The fourth-order valence-corrected chi connectivity index (χ4v) is 2.29. The van der Waals surface area contributed by atoms with Crippen LogP contribution >= 0.6 is 0 Å². The Morgan fingerprint density at radius 3 is 2.43 bits per heavy atom. The highest BCUT2D eigenvalue weighted by atomic mass is 16.5. The lowest BCUT2D eigenvalue weighted by molar-refractivity contribution is 0.450. The van der Waals surface area contributed by atoms with E-state index >= 15 is 0 Å². The van der Waals surface area contributed by atoms with E-state index in [0.29, 0.717) is 22.6 Å². The first-order valence-electron chi connectivity index (χ1n) is 6.59. The van der Waals surface area contributed by atoms with Crippen molar-refractivity contribution < 1.29 is 9.84 Å². The Morgan fingerprint density at radius 2 is 1.67 bits per heavy atom. The Morgan fingerprint density at radius 1 is 0.905 bits per heavy atom. The summed E-state index contributed by atoms with van der Waals surface area (Å²) in [5.41, 5.74) is 1.30. The number of nitriles is 1. The Hall–Kier alpha value is -2.99. The van der Waals surface area contributed by atoms with Gasteiger partial charge in [0.1, 0.15) is 17.2 Å². The Kier molecular flexibility index (Phi) is 3.21. The summed E-state index contributed by atoms with van der Waals surface area (Å²) in [6, 6.07) is 18.5. The summed E-state index contributed by atoms with van der Waals surface area (Å²) < 4.78 is 5.93. The van der Waals surface area contributed by atoms with Gasteiger partial charge in [-0.25, -0.2) is 0 Å². The van der Waals surface area contributed by atoms with E-state index < -0.39 is 0 Å². The predicted molar refractivity (Wildman–Crippen MR) is 81.6 cm³/mol. The van der Waals surface area contributed by atoms with Crippen LogP contribution in [0.1, 0.15) is 11.1 Å². The topological polar surface area (TPSA) is 53.2 Å². The van der Waals surface area contributed by atoms with E-state index in [-0.39, 0.29) is 5.75 Å². The minimum absolute atomic E-state index is 0.199. The first kappa shape index (κ1) is 13.0. The monoisotopic (exact) mass is 275 g/mol. The Labute approximate surface area is 122 Å². The molecular formula is C18H13NO2. The summed E-state index contributed by atoms with van der Waals surface area (Å²) in [4.78, 5) is 0. The summed E-state index contributed by atoms with van der Waals surface area (Å²) in [5, 5.41) is 20.7. The molecule has 0 spiro atoms. The van der Waals surface area contributed by atoms with Crippen molar-refractivity contribution in [3.63, 3.8) is 0 Å². The molecule has 102 valence electrons. The highest BCUT2D eigenvalue weighted by Crippen LogP contribution is 2.35. The second kappa shape index (κ2) is 5.18. The number of ether oxygens (including phenoxy) is 1. The minimum Gasteiger partial charge on any atom is -0.508 e. The number of benzene rings is 3. The molecule has 3 nitrogen and oxygen atoms in total. The van der Waals surface area contributed by atoms with Gasteiger partial charge in [0, 0.05) is 16.3 Å². The van der Waals surface area contributed by atoms with Crippen LogP contribution in [0.25, 0.3) is 10.8 Å². The van der Waals surface area contributed by atoms with Gasteiger partial charge in [0.25, 0.3) is 0 Å². The number of aromatic hydroxyl groups is 1. The van der Waals surface area contributed by atoms with Gasteiger partial charge in [-0.15, -0.1) is 0 Å². The van der Waals surface area contributed by atoms with Gasteiger partial charge in [0.05, 0.1) is 11.6 Å². The summed E-state index contributed by atoms with van der Waals surface area (Å²) in [5.74, 6) is 1.47. The molecule has 3 aromatic rings. The molecule has 0 saturated carbocycles. The standard InChI is InChI=1S/C18H13NO2/c1-12-16(20)7-4-8-17(12)21-18-10-9-13(11-19)14-5-2-3-6-15(14)18/h2-10,20H,1H3. The van der Waals surface area contributed by atoms with E-state index in [2.05, 4.69) is 6.07 Å². The second-order valence-corrected chi connectivity index (χ2v) is 4.77. The van der Waals surface area contributed by atoms with E-state index in [4.69, 9.17) is 4.74 Å². The molecule has 0 heterocycles. The van der Waals surface area contributed by atoms with Crippen molar-refractivity contribution in [2.75, 3.05) is 0 Å². The fraction of sp³-hybridized carbons (Fsp3) is 0.0556. The third-order valence-electron chi connectivity index (χ3n) is 3.48. The van der Waals surface area contributed by atoms with Crippen molar-refractivity contribution in [1.29, 1.82) is 5.26 Å². The Bertz CT molecular complexity index is 863. The highest BCUT2D eigenvalue weighted by Gasteiger charge is 2.09. The van der Waals surface area contributed by atoms with Crippen molar-refractivity contribution >= 4 is 10.8 Å². The van der Waals surface area contributed by atoms with Gasteiger partial charge in [-0.1, -0.05) is 30.3 Å². The zero-order chi connectivity index (χ0) is 14.8. The van der Waals surface area contributed by atoms with Gasteiger partial charge in [-0.2, -0.15) is 5.26 Å². The Balaban J connectivity index is 2.14. The van der Waals surface area contributed by atoms with Crippen LogP contribution in [0.5, 0.6) is 17.2 Å². The summed E-state index contributed by atoms with van der Waals surface area (Å²) >= 11 is 0. The smallest absolute Gasteiger partial charge is 0.135 e. The molecular weight excluding hydrogens is 262 g/mol. The van der Waals surface area contributed by atoms with Crippen molar-refractivity contribution in [3.05, 3.63) is 65.7 Å². The van der Waals surface area contributed by atoms with Crippen molar-refractivity contribution in [3.8, 4) is 23.3 Å². The van der Waals surface area contributed by atoms with Crippen molar-refractivity contribution in [1.82, 2.24) is 0 Å². The van der Waals surface area contributed by atoms with Crippen LogP contribution in [-0.4, -0.2) is 5.11 Å². The first-order valence-corrected chi connectivity index (χ1v) is 6.59. The molecule has 3 rings (SSSR count). The number of fused-ring (bicyclic) bond motifs is 1. The minimum atomic E-state index is 0.199. The number of hydrogen-bond acceptors (Lipinski definition) is 3. The van der Waals surface area contributed by atoms with Gasteiger partial charge in [-0.05, 0) is 31.2 Å². The van der Waals surface area contributed by atoms with Crippen molar-refractivity contribution in [2.45, 2.75) is 6.92 Å². The van der Waals surface area contributed by atoms with Crippen LogP contribution in [0.4, 0.5) is 0 Å². The van der Waals surface area contributed by atoms with Gasteiger partial charge in [0.15, 0.2) is 0 Å². The number of phenolic OH excluding ortho intramolecular Hbond substituents is 1. The lowest BCUT2D eigenvalue weighted by Gasteiger charge is -2.12. The summed E-state index contributed by atoms with van der Waals surface area (Å²) in [7, 11) is 0. The molecule has 0 aliphatic heterocycles. The highest BCUT2D eigenvalue weighted by molar-refractivity contribution is 5.93. The summed E-state index contributed by atoms with van der Waals surface area (Å²) in [6.07, 6.45) is 0. The van der Waals surface area contributed by atoms with Gasteiger partial charge < -0.3 is 9.84 Å². The molecule has 21 heavy (non-hydrogen) atoms. The largest absolute Gasteiger partial charge is 0.508 e. The molecule has 3 heteroatoms. The van der Waals surface area contributed by atoms with Crippen LogP contribution in [0.15, 0.2) is 54.6 Å². The second-order valence-electron chi connectivity index (χ2n) is 4.77. The van der Waals surface area contributed by atoms with Gasteiger partial charge in [0.2, 0.25) is 0 Å². The number of rotatable bonds is 2. The van der Waals surface area contributed by atoms with Crippen LogP contribution in [0.2, 0.25) is 0 Å². The third kappa shape index (κ3) is 2.28. The quantitative estimate of drug-likeness (QED) is 0.748. The molecule has 0 aromatic heterocycles. The maximum absolute atomic E-state index is 9.75. The average Bonchev–Trinajstić information content (AvgIpc) is 2.52. The number of hydrogen-bond donors (Lipinski definition) is 1.